The van der Waals surface area contributed by atoms with Crippen LogP contribution in [0.3, 0.4) is 0 Å². The zero-order chi connectivity index (χ0) is 14.7. The van der Waals surface area contributed by atoms with Gasteiger partial charge in [0.1, 0.15) is 12.2 Å². The van der Waals surface area contributed by atoms with Crippen molar-refractivity contribution >= 4 is 0 Å². The molecule has 2 rings (SSSR count). The van der Waals surface area contributed by atoms with Crippen molar-refractivity contribution in [3.63, 3.8) is 0 Å². The van der Waals surface area contributed by atoms with Crippen LogP contribution < -0.4 is 10.5 Å². The quantitative estimate of drug-likeness (QED) is 0.911. The van der Waals surface area contributed by atoms with Crippen LogP contribution in [-0.2, 0) is 6.42 Å². The molecule has 5 nitrogen and oxygen atoms in total. The van der Waals surface area contributed by atoms with Gasteiger partial charge in [-0.15, -0.1) is 0 Å². The average molecular weight is 278 g/mol. The van der Waals surface area contributed by atoms with Crippen LogP contribution in [0.1, 0.15) is 37.3 Å². The van der Waals surface area contributed by atoms with Crippen molar-refractivity contribution in [3.05, 3.63) is 41.7 Å². The number of rotatable bonds is 5. The van der Waals surface area contributed by atoms with Crippen LogP contribution in [0.25, 0.3) is 0 Å². The molecule has 1 unspecified atom stereocenters. The normalized spacial score (nSPS) is 12.7. The molecule has 0 saturated heterocycles. The summed E-state index contributed by atoms with van der Waals surface area (Å²) in [6.07, 6.45) is 2.06. The van der Waals surface area contributed by atoms with Gasteiger partial charge in [-0.2, -0.15) is 5.10 Å². The first-order chi connectivity index (χ1) is 9.52. The number of ether oxygens (including phenoxy) is 1. The lowest BCUT2D eigenvalue weighted by Gasteiger charge is -2.15. The van der Waals surface area contributed by atoms with Gasteiger partial charge in [0.15, 0.2) is 11.6 Å². The van der Waals surface area contributed by atoms with Gasteiger partial charge in [0.25, 0.3) is 0 Å². The Morgan fingerprint density at radius 2 is 2.15 bits per heavy atom. The van der Waals surface area contributed by atoms with E-state index < -0.39 is 5.82 Å². The van der Waals surface area contributed by atoms with E-state index >= 15 is 0 Å². The molecule has 1 atom stereocenters. The first kappa shape index (κ1) is 14.5. The van der Waals surface area contributed by atoms with Crippen LogP contribution in [0.2, 0.25) is 0 Å². The predicted octanol–water partition coefficient (Wildman–Crippen LogP) is 2.25. The van der Waals surface area contributed by atoms with E-state index in [4.69, 9.17) is 10.5 Å². The van der Waals surface area contributed by atoms with Crippen LogP contribution in [0.15, 0.2) is 24.5 Å². The molecule has 1 aromatic heterocycles. The highest BCUT2D eigenvalue weighted by Gasteiger charge is 2.15. The number of hydrogen-bond acceptors (Lipinski definition) is 4. The van der Waals surface area contributed by atoms with Gasteiger partial charge in [-0.1, -0.05) is 6.07 Å². The zero-order valence-corrected chi connectivity index (χ0v) is 11.9. The monoisotopic (exact) mass is 278 g/mol. The van der Waals surface area contributed by atoms with Gasteiger partial charge in [-0.05, 0) is 31.5 Å². The maximum atomic E-state index is 13.4. The second-order valence-corrected chi connectivity index (χ2v) is 4.92. The fourth-order valence-corrected chi connectivity index (χ4v) is 2.07. The molecule has 1 heterocycles. The molecule has 0 spiro atoms. The molecule has 108 valence electrons. The van der Waals surface area contributed by atoms with Gasteiger partial charge < -0.3 is 10.5 Å². The van der Waals surface area contributed by atoms with Crippen molar-refractivity contribution in [3.8, 4) is 5.75 Å². The minimum absolute atomic E-state index is 0.197. The topological polar surface area (TPSA) is 66.0 Å². The van der Waals surface area contributed by atoms with Crippen molar-refractivity contribution in [2.24, 2.45) is 5.73 Å². The highest BCUT2D eigenvalue weighted by atomic mass is 19.1. The molecule has 0 radical (unpaired) electrons. The molecule has 0 saturated carbocycles. The summed E-state index contributed by atoms with van der Waals surface area (Å²) in [4.78, 5) is 4.23. The molecule has 2 N–H and O–H groups in total. The highest BCUT2D eigenvalue weighted by molar-refractivity contribution is 5.32. The molecule has 6 heteroatoms. The third kappa shape index (κ3) is 2.96. The Labute approximate surface area is 117 Å². The Hall–Kier alpha value is -1.95. The third-order valence-electron chi connectivity index (χ3n) is 3.14. The van der Waals surface area contributed by atoms with E-state index in [-0.39, 0.29) is 17.8 Å². The lowest BCUT2D eigenvalue weighted by atomic mass is 10.0. The van der Waals surface area contributed by atoms with Crippen LogP contribution >= 0.6 is 0 Å². The molecule has 1 aromatic carbocycles. The second-order valence-electron chi connectivity index (χ2n) is 4.92. The minimum Gasteiger partial charge on any atom is -0.494 e. The third-order valence-corrected chi connectivity index (χ3v) is 3.14. The molecule has 0 amide bonds. The number of halogens is 1. The summed E-state index contributed by atoms with van der Waals surface area (Å²) < 4.78 is 20.2. The number of methoxy groups -OCH3 is 1. The summed E-state index contributed by atoms with van der Waals surface area (Å²) in [5.41, 5.74) is 6.98. The van der Waals surface area contributed by atoms with E-state index in [1.807, 2.05) is 18.5 Å². The molecule has 20 heavy (non-hydrogen) atoms. The highest BCUT2D eigenvalue weighted by Crippen LogP contribution is 2.23. The van der Waals surface area contributed by atoms with Gasteiger partial charge in [-0.25, -0.2) is 14.1 Å². The van der Waals surface area contributed by atoms with Gasteiger partial charge in [0, 0.05) is 18.5 Å². The Morgan fingerprint density at radius 3 is 2.80 bits per heavy atom. The van der Waals surface area contributed by atoms with Crippen LogP contribution in [-0.4, -0.2) is 21.9 Å². The number of nitrogens with zero attached hydrogens (tertiary/aromatic N) is 3. The summed E-state index contributed by atoms with van der Waals surface area (Å²) in [6.45, 7) is 4.06. The maximum Gasteiger partial charge on any atom is 0.165 e. The molecule has 0 fully saturated rings. The summed E-state index contributed by atoms with van der Waals surface area (Å²) >= 11 is 0. The van der Waals surface area contributed by atoms with E-state index in [9.17, 15) is 4.39 Å². The van der Waals surface area contributed by atoms with Crippen molar-refractivity contribution in [1.82, 2.24) is 14.8 Å². The summed E-state index contributed by atoms with van der Waals surface area (Å²) in [6, 6.07) is 4.59. The fraction of sp³-hybridized carbons (Fsp3) is 0.429. The largest absolute Gasteiger partial charge is 0.494 e. The second kappa shape index (κ2) is 6.00. The Balaban J connectivity index is 2.19. The molecular formula is C14H19FN4O. The van der Waals surface area contributed by atoms with Crippen molar-refractivity contribution in [1.29, 1.82) is 0 Å². The zero-order valence-electron chi connectivity index (χ0n) is 11.9. The van der Waals surface area contributed by atoms with Crippen molar-refractivity contribution < 1.29 is 9.13 Å². The minimum atomic E-state index is -0.395. The van der Waals surface area contributed by atoms with E-state index in [1.54, 1.807) is 12.1 Å². The molecular weight excluding hydrogens is 259 g/mol. The number of benzene rings is 1. The molecule has 0 aliphatic carbocycles. The number of aromatic nitrogens is 3. The lowest BCUT2D eigenvalue weighted by Crippen LogP contribution is -2.18. The standard InChI is InChI=1S/C14H19FN4O/c1-9(2)19-14(17-8-18-19)7-12(16)10-4-5-11(15)13(6-10)20-3/h4-6,8-9,12H,7,16H2,1-3H3. The Morgan fingerprint density at radius 1 is 1.40 bits per heavy atom. The maximum absolute atomic E-state index is 13.4. The molecule has 0 aliphatic rings. The smallest absolute Gasteiger partial charge is 0.165 e. The SMILES string of the molecule is COc1cc(C(N)Cc2ncnn2C(C)C)ccc1F. The van der Waals surface area contributed by atoms with E-state index in [1.165, 1.54) is 19.5 Å². The summed E-state index contributed by atoms with van der Waals surface area (Å²) in [5, 5.41) is 4.18. The van der Waals surface area contributed by atoms with E-state index in [0.717, 1.165) is 11.4 Å². The van der Waals surface area contributed by atoms with Crippen molar-refractivity contribution in [2.75, 3.05) is 7.11 Å². The van der Waals surface area contributed by atoms with E-state index in [2.05, 4.69) is 10.1 Å². The number of nitrogens with two attached hydrogens (primary N) is 1. The predicted molar refractivity (Wildman–Crippen MR) is 74.0 cm³/mol. The fourth-order valence-electron chi connectivity index (χ4n) is 2.07. The first-order valence-electron chi connectivity index (χ1n) is 6.50. The summed E-state index contributed by atoms with van der Waals surface area (Å²) in [7, 11) is 1.43. The van der Waals surface area contributed by atoms with Crippen LogP contribution in [0.4, 0.5) is 4.39 Å². The van der Waals surface area contributed by atoms with Crippen LogP contribution in [0, 0.1) is 5.82 Å². The van der Waals surface area contributed by atoms with Gasteiger partial charge in [0.2, 0.25) is 0 Å². The number of hydrogen-bond donors (Lipinski definition) is 1. The molecule has 0 bridgehead atoms. The van der Waals surface area contributed by atoms with Crippen molar-refractivity contribution in [2.45, 2.75) is 32.4 Å². The molecule has 0 aliphatic heterocycles. The first-order valence-corrected chi connectivity index (χ1v) is 6.50. The molecule has 2 aromatic rings. The average Bonchev–Trinajstić information content (AvgIpc) is 2.87. The van der Waals surface area contributed by atoms with Gasteiger partial charge in [0.05, 0.1) is 7.11 Å². The Kier molecular flexibility index (Phi) is 4.34. The Bertz CT molecular complexity index is 582. The van der Waals surface area contributed by atoms with Gasteiger partial charge in [-0.3, -0.25) is 0 Å². The van der Waals surface area contributed by atoms with Gasteiger partial charge >= 0.3 is 0 Å². The van der Waals surface area contributed by atoms with E-state index in [0.29, 0.717) is 6.42 Å². The van der Waals surface area contributed by atoms with Crippen LogP contribution in [0.5, 0.6) is 5.75 Å². The lowest BCUT2D eigenvalue weighted by molar-refractivity contribution is 0.385. The summed E-state index contributed by atoms with van der Waals surface area (Å²) in [5.74, 6) is 0.618.